The van der Waals surface area contributed by atoms with E-state index in [4.69, 9.17) is 23.2 Å². The van der Waals surface area contributed by atoms with Gasteiger partial charge in [-0.3, -0.25) is 0 Å². The van der Waals surface area contributed by atoms with Gasteiger partial charge in [-0.25, -0.2) is 4.98 Å². The summed E-state index contributed by atoms with van der Waals surface area (Å²) in [6.07, 6.45) is -0.175. The molecule has 6 heteroatoms. The number of imidazole rings is 1. The molecule has 2 aromatic carbocycles. The molecule has 0 spiro atoms. The SMILES string of the molecule is CC(C)c1nc(C(O)Cc2ccccc2)[nH]c1Sc1cc(Cl)cc(Cl)c1. The summed E-state index contributed by atoms with van der Waals surface area (Å²) >= 11 is 13.7. The van der Waals surface area contributed by atoms with Crippen LogP contribution in [0.15, 0.2) is 58.5 Å². The van der Waals surface area contributed by atoms with E-state index < -0.39 is 6.10 Å². The Hall–Kier alpha value is -1.46. The maximum Gasteiger partial charge on any atom is 0.136 e. The highest BCUT2D eigenvalue weighted by Gasteiger charge is 2.19. The van der Waals surface area contributed by atoms with Crippen molar-refractivity contribution < 1.29 is 5.11 Å². The molecule has 0 saturated heterocycles. The highest BCUT2D eigenvalue weighted by molar-refractivity contribution is 7.99. The van der Waals surface area contributed by atoms with Gasteiger partial charge < -0.3 is 10.1 Å². The lowest BCUT2D eigenvalue weighted by molar-refractivity contribution is 0.169. The van der Waals surface area contributed by atoms with Gasteiger partial charge >= 0.3 is 0 Å². The van der Waals surface area contributed by atoms with Gasteiger partial charge in [0.15, 0.2) is 0 Å². The van der Waals surface area contributed by atoms with E-state index in [-0.39, 0.29) is 5.92 Å². The Labute approximate surface area is 167 Å². The third kappa shape index (κ3) is 4.83. The van der Waals surface area contributed by atoms with Crippen LogP contribution in [0.25, 0.3) is 0 Å². The fourth-order valence-corrected chi connectivity index (χ4v) is 4.46. The minimum absolute atomic E-state index is 0.223. The van der Waals surface area contributed by atoms with Crippen molar-refractivity contribution in [3.05, 3.63) is 75.7 Å². The van der Waals surface area contributed by atoms with Gasteiger partial charge in [0.25, 0.3) is 0 Å². The maximum atomic E-state index is 10.6. The second-order valence-electron chi connectivity index (χ2n) is 6.40. The Morgan fingerprint density at radius 2 is 1.73 bits per heavy atom. The molecule has 1 atom stereocenters. The topological polar surface area (TPSA) is 48.9 Å². The van der Waals surface area contributed by atoms with Crippen molar-refractivity contribution in [2.45, 2.75) is 42.2 Å². The Balaban J connectivity index is 1.86. The number of H-pyrrole nitrogens is 1. The Kier molecular flexibility index (Phi) is 6.30. The molecule has 0 aliphatic carbocycles. The molecule has 0 saturated carbocycles. The van der Waals surface area contributed by atoms with Crippen LogP contribution in [0.5, 0.6) is 0 Å². The van der Waals surface area contributed by atoms with Crippen molar-refractivity contribution in [1.29, 1.82) is 0 Å². The first-order chi connectivity index (χ1) is 12.4. The Morgan fingerprint density at radius 3 is 2.35 bits per heavy atom. The van der Waals surface area contributed by atoms with E-state index in [0.29, 0.717) is 22.3 Å². The number of rotatable bonds is 6. The smallest absolute Gasteiger partial charge is 0.136 e. The molecule has 136 valence electrons. The summed E-state index contributed by atoms with van der Waals surface area (Å²) in [6, 6.07) is 15.3. The van der Waals surface area contributed by atoms with Crippen LogP contribution in [0, 0.1) is 0 Å². The van der Waals surface area contributed by atoms with E-state index in [9.17, 15) is 5.11 Å². The summed E-state index contributed by atoms with van der Waals surface area (Å²) in [6.45, 7) is 4.16. The molecule has 1 unspecified atom stereocenters. The van der Waals surface area contributed by atoms with E-state index >= 15 is 0 Å². The number of aromatic amines is 1. The molecule has 26 heavy (non-hydrogen) atoms. The van der Waals surface area contributed by atoms with Crippen LogP contribution in [0.1, 0.15) is 43.0 Å². The summed E-state index contributed by atoms with van der Waals surface area (Å²) < 4.78 is 0. The van der Waals surface area contributed by atoms with Crippen LogP contribution >= 0.6 is 35.0 Å². The molecular formula is C20H20Cl2N2OS. The first-order valence-electron chi connectivity index (χ1n) is 8.38. The molecule has 1 aromatic heterocycles. The first kappa shape index (κ1) is 19.3. The van der Waals surface area contributed by atoms with Gasteiger partial charge in [-0.2, -0.15) is 0 Å². The Bertz CT molecular complexity index is 861. The van der Waals surface area contributed by atoms with Gasteiger partial charge in [-0.15, -0.1) is 0 Å². The van der Waals surface area contributed by atoms with Crippen LogP contribution in [0.3, 0.4) is 0 Å². The van der Waals surface area contributed by atoms with Gasteiger partial charge in [0.2, 0.25) is 0 Å². The predicted octanol–water partition coefficient (Wildman–Crippen LogP) is 6.27. The highest BCUT2D eigenvalue weighted by atomic mass is 35.5. The quantitative estimate of drug-likeness (QED) is 0.507. The summed E-state index contributed by atoms with van der Waals surface area (Å²) in [5, 5.41) is 12.7. The van der Waals surface area contributed by atoms with E-state index in [1.165, 1.54) is 11.8 Å². The molecule has 0 amide bonds. The Morgan fingerprint density at radius 1 is 1.08 bits per heavy atom. The molecule has 0 radical (unpaired) electrons. The summed E-state index contributed by atoms with van der Waals surface area (Å²) in [7, 11) is 0. The monoisotopic (exact) mass is 406 g/mol. The van der Waals surface area contributed by atoms with Crippen LogP contribution in [-0.4, -0.2) is 15.1 Å². The normalized spacial score (nSPS) is 12.5. The highest BCUT2D eigenvalue weighted by Crippen LogP contribution is 2.36. The number of hydrogen-bond acceptors (Lipinski definition) is 3. The third-order valence-electron chi connectivity index (χ3n) is 3.91. The summed E-state index contributed by atoms with van der Waals surface area (Å²) in [5.41, 5.74) is 1.99. The average Bonchev–Trinajstić information content (AvgIpc) is 2.99. The number of benzene rings is 2. The molecule has 0 fully saturated rings. The van der Waals surface area contributed by atoms with Crippen LogP contribution in [0.2, 0.25) is 10.0 Å². The molecular weight excluding hydrogens is 387 g/mol. The lowest BCUT2D eigenvalue weighted by atomic mass is 10.1. The predicted molar refractivity (Wildman–Crippen MR) is 108 cm³/mol. The van der Waals surface area contributed by atoms with Crippen molar-refractivity contribution in [2.24, 2.45) is 0 Å². The summed E-state index contributed by atoms with van der Waals surface area (Å²) in [4.78, 5) is 8.87. The first-order valence-corrected chi connectivity index (χ1v) is 9.95. The van der Waals surface area contributed by atoms with Gasteiger partial charge in [-0.05, 0) is 29.7 Å². The van der Waals surface area contributed by atoms with Crippen molar-refractivity contribution >= 4 is 35.0 Å². The molecule has 0 aliphatic rings. The van der Waals surface area contributed by atoms with Crippen LogP contribution in [-0.2, 0) is 6.42 Å². The molecule has 0 bridgehead atoms. The van der Waals surface area contributed by atoms with Crippen LogP contribution in [0.4, 0.5) is 0 Å². The molecule has 3 nitrogen and oxygen atoms in total. The van der Waals surface area contributed by atoms with Gasteiger partial charge in [0.05, 0.1) is 5.69 Å². The average molecular weight is 407 g/mol. The second kappa shape index (κ2) is 8.49. The minimum atomic E-state index is -0.688. The number of hydrogen-bond donors (Lipinski definition) is 2. The molecule has 3 rings (SSSR count). The number of aliphatic hydroxyl groups excluding tert-OH is 1. The second-order valence-corrected chi connectivity index (χ2v) is 8.36. The fraction of sp³-hybridized carbons (Fsp3) is 0.250. The van der Waals surface area contributed by atoms with E-state index in [0.717, 1.165) is 21.2 Å². The molecule has 2 N–H and O–H groups in total. The molecule has 3 aromatic rings. The van der Waals surface area contributed by atoms with Crippen molar-refractivity contribution in [3.63, 3.8) is 0 Å². The number of nitrogens with one attached hydrogen (secondary N) is 1. The van der Waals surface area contributed by atoms with Gasteiger partial charge in [0.1, 0.15) is 17.0 Å². The van der Waals surface area contributed by atoms with Crippen molar-refractivity contribution in [3.8, 4) is 0 Å². The maximum absolute atomic E-state index is 10.6. The minimum Gasteiger partial charge on any atom is -0.385 e. The lowest BCUT2D eigenvalue weighted by Gasteiger charge is -2.07. The molecule has 0 aliphatic heterocycles. The number of aliphatic hydroxyl groups is 1. The van der Waals surface area contributed by atoms with Crippen molar-refractivity contribution in [1.82, 2.24) is 9.97 Å². The lowest BCUT2D eigenvalue weighted by Crippen LogP contribution is -2.04. The van der Waals surface area contributed by atoms with Gasteiger partial charge in [-0.1, -0.05) is 79.1 Å². The number of halogens is 2. The number of aromatic nitrogens is 2. The third-order valence-corrected chi connectivity index (χ3v) is 5.33. The zero-order valence-corrected chi connectivity index (χ0v) is 16.9. The number of nitrogens with zero attached hydrogens (tertiary/aromatic N) is 1. The van der Waals surface area contributed by atoms with Crippen molar-refractivity contribution in [2.75, 3.05) is 0 Å². The van der Waals surface area contributed by atoms with Gasteiger partial charge in [0, 0.05) is 21.4 Å². The van der Waals surface area contributed by atoms with E-state index in [2.05, 4.69) is 23.8 Å². The fourth-order valence-electron chi connectivity index (χ4n) is 2.66. The van der Waals surface area contributed by atoms with Crippen LogP contribution < -0.4 is 0 Å². The van der Waals surface area contributed by atoms with E-state index in [1.807, 2.05) is 42.5 Å². The van der Waals surface area contributed by atoms with E-state index in [1.54, 1.807) is 6.07 Å². The zero-order chi connectivity index (χ0) is 18.7. The standard InChI is InChI=1S/C20H20Cl2N2OS/c1-12(2)18-20(26-16-10-14(21)9-15(22)11-16)24-19(23-18)17(25)8-13-6-4-3-5-7-13/h3-7,9-12,17,25H,8H2,1-2H3,(H,23,24). The largest absolute Gasteiger partial charge is 0.385 e. The molecule has 1 heterocycles. The summed E-state index contributed by atoms with van der Waals surface area (Å²) in [5.74, 6) is 0.800. The zero-order valence-electron chi connectivity index (χ0n) is 14.5.